The molecular formula is C12H23N3O2. The van der Waals surface area contributed by atoms with Gasteiger partial charge >= 0.3 is 6.03 Å². The summed E-state index contributed by atoms with van der Waals surface area (Å²) in [5, 5.41) is 5.68. The van der Waals surface area contributed by atoms with Crippen LogP contribution in [-0.2, 0) is 4.74 Å². The van der Waals surface area contributed by atoms with Crippen LogP contribution < -0.4 is 16.4 Å². The van der Waals surface area contributed by atoms with Crippen LogP contribution in [0.5, 0.6) is 0 Å². The highest BCUT2D eigenvalue weighted by Crippen LogP contribution is 2.19. The number of amides is 2. The average Bonchev–Trinajstić information content (AvgIpc) is 3.11. The van der Waals surface area contributed by atoms with E-state index in [4.69, 9.17) is 10.5 Å². The van der Waals surface area contributed by atoms with Gasteiger partial charge in [-0.2, -0.15) is 0 Å². The SMILES string of the molecule is NC1CCC(OCCNC(=O)NC2CC2)CC1. The summed E-state index contributed by atoms with van der Waals surface area (Å²) in [5.74, 6) is 0. The van der Waals surface area contributed by atoms with Crippen LogP contribution in [-0.4, -0.2) is 37.4 Å². The van der Waals surface area contributed by atoms with Gasteiger partial charge in [0.15, 0.2) is 0 Å². The second-order valence-electron chi connectivity index (χ2n) is 5.08. The highest BCUT2D eigenvalue weighted by atomic mass is 16.5. The fraction of sp³-hybridized carbons (Fsp3) is 0.917. The lowest BCUT2D eigenvalue weighted by Crippen LogP contribution is -2.39. The summed E-state index contributed by atoms with van der Waals surface area (Å²) in [4.78, 5) is 11.3. The minimum Gasteiger partial charge on any atom is -0.376 e. The van der Waals surface area contributed by atoms with E-state index in [0.29, 0.717) is 31.3 Å². The fourth-order valence-electron chi connectivity index (χ4n) is 2.11. The molecule has 17 heavy (non-hydrogen) atoms. The molecule has 0 aliphatic heterocycles. The van der Waals surface area contributed by atoms with Gasteiger partial charge in [0.25, 0.3) is 0 Å². The van der Waals surface area contributed by atoms with Crippen molar-refractivity contribution in [3.05, 3.63) is 0 Å². The monoisotopic (exact) mass is 241 g/mol. The van der Waals surface area contributed by atoms with E-state index in [0.717, 1.165) is 38.5 Å². The van der Waals surface area contributed by atoms with Crippen molar-refractivity contribution < 1.29 is 9.53 Å². The molecule has 2 rings (SSSR count). The maximum absolute atomic E-state index is 11.3. The minimum atomic E-state index is -0.0678. The molecule has 2 aliphatic carbocycles. The van der Waals surface area contributed by atoms with Gasteiger partial charge in [-0.1, -0.05) is 0 Å². The Labute approximate surface area is 102 Å². The Kier molecular flexibility index (Phi) is 4.62. The maximum atomic E-state index is 11.3. The summed E-state index contributed by atoms with van der Waals surface area (Å²) >= 11 is 0. The third kappa shape index (κ3) is 4.91. The molecule has 0 bridgehead atoms. The zero-order valence-corrected chi connectivity index (χ0v) is 10.3. The summed E-state index contributed by atoms with van der Waals surface area (Å²) < 4.78 is 5.70. The van der Waals surface area contributed by atoms with Gasteiger partial charge < -0.3 is 21.1 Å². The Morgan fingerprint density at radius 2 is 1.88 bits per heavy atom. The van der Waals surface area contributed by atoms with E-state index in [9.17, 15) is 4.79 Å². The number of rotatable bonds is 5. The van der Waals surface area contributed by atoms with Crippen molar-refractivity contribution in [2.24, 2.45) is 5.73 Å². The molecule has 98 valence electrons. The van der Waals surface area contributed by atoms with Gasteiger partial charge in [-0.05, 0) is 38.5 Å². The summed E-state index contributed by atoms with van der Waals surface area (Å²) in [6, 6.07) is 0.704. The Bertz CT molecular complexity index is 248. The lowest BCUT2D eigenvalue weighted by Gasteiger charge is -2.26. The molecule has 0 aromatic carbocycles. The molecule has 2 amide bonds. The maximum Gasteiger partial charge on any atom is 0.315 e. The van der Waals surface area contributed by atoms with Crippen LogP contribution >= 0.6 is 0 Å². The lowest BCUT2D eigenvalue weighted by atomic mass is 9.94. The van der Waals surface area contributed by atoms with E-state index >= 15 is 0 Å². The predicted octanol–water partition coefficient (Wildman–Crippen LogP) is 0.734. The Hall–Kier alpha value is -0.810. The van der Waals surface area contributed by atoms with E-state index in [-0.39, 0.29) is 6.03 Å². The first kappa shape index (κ1) is 12.6. The smallest absolute Gasteiger partial charge is 0.315 e. The second-order valence-corrected chi connectivity index (χ2v) is 5.08. The van der Waals surface area contributed by atoms with Gasteiger partial charge in [0.05, 0.1) is 12.7 Å². The third-order valence-electron chi connectivity index (χ3n) is 3.37. The van der Waals surface area contributed by atoms with E-state index < -0.39 is 0 Å². The van der Waals surface area contributed by atoms with E-state index in [1.54, 1.807) is 0 Å². The minimum absolute atomic E-state index is 0.0678. The van der Waals surface area contributed by atoms with Crippen molar-refractivity contribution in [3.8, 4) is 0 Å². The van der Waals surface area contributed by atoms with Crippen molar-refractivity contribution in [2.75, 3.05) is 13.2 Å². The quantitative estimate of drug-likeness (QED) is 0.621. The van der Waals surface area contributed by atoms with Crippen molar-refractivity contribution in [2.45, 2.75) is 56.7 Å². The van der Waals surface area contributed by atoms with Crippen LogP contribution in [0.3, 0.4) is 0 Å². The number of carbonyl (C=O) groups excluding carboxylic acids is 1. The number of hydrogen-bond donors (Lipinski definition) is 3. The molecule has 2 fully saturated rings. The zero-order chi connectivity index (χ0) is 12.1. The van der Waals surface area contributed by atoms with Gasteiger partial charge in [0.1, 0.15) is 0 Å². The molecule has 0 spiro atoms. The topological polar surface area (TPSA) is 76.4 Å². The lowest BCUT2D eigenvalue weighted by molar-refractivity contribution is 0.0278. The first-order valence-corrected chi connectivity index (χ1v) is 6.65. The standard InChI is InChI=1S/C12H23N3O2/c13-9-1-5-11(6-2-9)17-8-7-14-12(16)15-10-3-4-10/h9-11H,1-8,13H2,(H2,14,15,16). The highest BCUT2D eigenvalue weighted by molar-refractivity contribution is 5.74. The first-order chi connectivity index (χ1) is 8.24. The molecule has 0 unspecified atom stereocenters. The molecule has 2 saturated carbocycles. The predicted molar refractivity (Wildman–Crippen MR) is 65.7 cm³/mol. The van der Waals surface area contributed by atoms with Crippen molar-refractivity contribution >= 4 is 6.03 Å². The fourth-order valence-corrected chi connectivity index (χ4v) is 2.11. The normalized spacial score (nSPS) is 28.8. The number of ether oxygens (including phenoxy) is 1. The Morgan fingerprint density at radius 3 is 2.53 bits per heavy atom. The number of nitrogens with two attached hydrogens (primary N) is 1. The van der Waals surface area contributed by atoms with Crippen LogP contribution in [0.4, 0.5) is 4.79 Å². The van der Waals surface area contributed by atoms with E-state index in [1.165, 1.54) is 0 Å². The number of carbonyl (C=O) groups is 1. The van der Waals surface area contributed by atoms with Crippen LogP contribution in [0.25, 0.3) is 0 Å². The molecule has 5 nitrogen and oxygen atoms in total. The zero-order valence-electron chi connectivity index (χ0n) is 10.3. The van der Waals surface area contributed by atoms with Crippen LogP contribution in [0.1, 0.15) is 38.5 Å². The van der Waals surface area contributed by atoms with Crippen LogP contribution in [0.2, 0.25) is 0 Å². The Balaban J connectivity index is 1.46. The van der Waals surface area contributed by atoms with Crippen LogP contribution in [0.15, 0.2) is 0 Å². The molecule has 0 atom stereocenters. The number of nitrogens with one attached hydrogen (secondary N) is 2. The van der Waals surface area contributed by atoms with E-state index in [1.807, 2.05) is 0 Å². The molecule has 0 radical (unpaired) electrons. The molecule has 5 heteroatoms. The largest absolute Gasteiger partial charge is 0.376 e. The summed E-state index contributed by atoms with van der Waals surface area (Å²) in [6.45, 7) is 1.18. The van der Waals surface area contributed by atoms with Crippen molar-refractivity contribution in [1.82, 2.24) is 10.6 Å². The van der Waals surface area contributed by atoms with Gasteiger partial charge in [-0.25, -0.2) is 4.79 Å². The third-order valence-corrected chi connectivity index (χ3v) is 3.37. The van der Waals surface area contributed by atoms with Gasteiger partial charge in [0.2, 0.25) is 0 Å². The molecule has 0 aromatic rings. The Morgan fingerprint density at radius 1 is 1.18 bits per heavy atom. The number of urea groups is 1. The average molecular weight is 241 g/mol. The molecule has 0 saturated heterocycles. The molecule has 0 aromatic heterocycles. The molecule has 4 N–H and O–H groups in total. The first-order valence-electron chi connectivity index (χ1n) is 6.65. The molecular weight excluding hydrogens is 218 g/mol. The molecule has 2 aliphatic rings. The van der Waals surface area contributed by atoms with Gasteiger partial charge in [-0.3, -0.25) is 0 Å². The van der Waals surface area contributed by atoms with Crippen LogP contribution in [0, 0.1) is 0 Å². The second kappa shape index (κ2) is 6.21. The molecule has 0 heterocycles. The number of hydrogen-bond acceptors (Lipinski definition) is 3. The van der Waals surface area contributed by atoms with Crippen molar-refractivity contribution in [1.29, 1.82) is 0 Å². The summed E-state index contributed by atoms with van der Waals surface area (Å²) in [7, 11) is 0. The van der Waals surface area contributed by atoms with E-state index in [2.05, 4.69) is 10.6 Å². The summed E-state index contributed by atoms with van der Waals surface area (Å²) in [6.07, 6.45) is 6.78. The van der Waals surface area contributed by atoms with Gasteiger partial charge in [0, 0.05) is 18.6 Å². The van der Waals surface area contributed by atoms with Gasteiger partial charge in [-0.15, -0.1) is 0 Å². The van der Waals surface area contributed by atoms with Crippen molar-refractivity contribution in [3.63, 3.8) is 0 Å². The highest BCUT2D eigenvalue weighted by Gasteiger charge is 2.23. The summed E-state index contributed by atoms with van der Waals surface area (Å²) in [5.41, 5.74) is 5.82.